The van der Waals surface area contributed by atoms with Gasteiger partial charge in [0.15, 0.2) is 5.11 Å². The minimum absolute atomic E-state index is 0.0688. The van der Waals surface area contributed by atoms with E-state index in [1.807, 2.05) is 32.9 Å². The number of amides is 2. The summed E-state index contributed by atoms with van der Waals surface area (Å²) in [5.41, 5.74) is 4.40. The van der Waals surface area contributed by atoms with E-state index < -0.39 is 33.0 Å². The number of thiocarbonyl (C=S) groups is 1. The highest BCUT2D eigenvalue weighted by Crippen LogP contribution is 2.23. The zero-order valence-corrected chi connectivity index (χ0v) is 17.6. The number of hydrogen-bond donors (Lipinski definition) is 3. The summed E-state index contributed by atoms with van der Waals surface area (Å²) < 4.78 is 0. The molecule has 0 heterocycles. The van der Waals surface area contributed by atoms with Crippen molar-refractivity contribution in [2.75, 3.05) is 0 Å². The van der Waals surface area contributed by atoms with Crippen molar-refractivity contribution in [2.24, 2.45) is 0 Å². The fourth-order valence-corrected chi connectivity index (χ4v) is 2.59. The van der Waals surface area contributed by atoms with Crippen LogP contribution in [0.1, 0.15) is 47.1 Å². The van der Waals surface area contributed by atoms with Gasteiger partial charge in [-0.2, -0.15) is 0 Å². The molecule has 0 unspecified atom stereocenters. The van der Waals surface area contributed by atoms with E-state index in [9.17, 15) is 29.8 Å². The summed E-state index contributed by atoms with van der Waals surface area (Å²) in [6, 6.07) is 9.41. The lowest BCUT2D eigenvalue weighted by Crippen LogP contribution is -2.48. The molecule has 0 aliphatic heterocycles. The number of nitrogens with one attached hydrogen (secondary N) is 3. The Labute approximate surface area is 182 Å². The van der Waals surface area contributed by atoms with Crippen LogP contribution in [0.4, 0.5) is 11.4 Å². The first-order chi connectivity index (χ1) is 14.4. The van der Waals surface area contributed by atoms with Gasteiger partial charge >= 0.3 is 0 Å². The van der Waals surface area contributed by atoms with E-state index in [-0.39, 0.29) is 16.1 Å². The highest BCUT2D eigenvalue weighted by molar-refractivity contribution is 7.80. The third-order valence-electron chi connectivity index (χ3n) is 4.12. The Morgan fingerprint density at radius 3 is 1.81 bits per heavy atom. The van der Waals surface area contributed by atoms with Crippen molar-refractivity contribution in [3.63, 3.8) is 0 Å². The van der Waals surface area contributed by atoms with Crippen LogP contribution in [0.2, 0.25) is 0 Å². The average Bonchev–Trinajstić information content (AvgIpc) is 2.70. The molecule has 2 aromatic carbocycles. The van der Waals surface area contributed by atoms with Crippen molar-refractivity contribution < 1.29 is 19.4 Å². The molecule has 0 fully saturated rings. The van der Waals surface area contributed by atoms with Gasteiger partial charge in [-0.3, -0.25) is 46.0 Å². The molecule has 0 aliphatic rings. The number of non-ortho nitro benzene ring substituents is 2. The van der Waals surface area contributed by atoms with Gasteiger partial charge in [0.25, 0.3) is 23.2 Å². The maximum atomic E-state index is 12.3. The second-order valence-electron chi connectivity index (χ2n) is 7.44. The summed E-state index contributed by atoms with van der Waals surface area (Å²) in [5, 5.41) is 23.7. The molecular formula is C19H19N5O6S. The van der Waals surface area contributed by atoms with Crippen LogP contribution in [0.3, 0.4) is 0 Å². The number of benzene rings is 2. The number of hydrazine groups is 1. The molecule has 0 atom stereocenters. The van der Waals surface area contributed by atoms with Crippen LogP contribution in [0.5, 0.6) is 0 Å². The van der Waals surface area contributed by atoms with Crippen LogP contribution in [0, 0.1) is 20.2 Å². The SMILES string of the molecule is CC(C)(C)c1ccc(C(=O)NNC(=S)NC(=O)c2cc([N+](=O)[O-])cc([N+](=O)[O-])c2)cc1. The summed E-state index contributed by atoms with van der Waals surface area (Å²) in [5.74, 6) is -1.43. The topological polar surface area (TPSA) is 157 Å². The number of hydrogen-bond acceptors (Lipinski definition) is 7. The second-order valence-corrected chi connectivity index (χ2v) is 7.85. The van der Waals surface area contributed by atoms with E-state index in [4.69, 9.17) is 12.2 Å². The molecule has 3 N–H and O–H groups in total. The van der Waals surface area contributed by atoms with Gasteiger partial charge < -0.3 is 0 Å². The number of nitro groups is 2. The molecule has 0 aromatic heterocycles. The summed E-state index contributed by atoms with van der Waals surface area (Å²) >= 11 is 4.91. The highest BCUT2D eigenvalue weighted by Gasteiger charge is 2.20. The Balaban J connectivity index is 2.01. The number of rotatable bonds is 4. The van der Waals surface area contributed by atoms with Crippen LogP contribution >= 0.6 is 12.2 Å². The molecule has 162 valence electrons. The molecular weight excluding hydrogens is 426 g/mol. The number of nitrogens with zero attached hydrogens (tertiary/aromatic N) is 2. The quantitative estimate of drug-likeness (QED) is 0.368. The molecule has 2 rings (SSSR count). The van der Waals surface area contributed by atoms with Gasteiger partial charge in [-0.25, -0.2) is 0 Å². The van der Waals surface area contributed by atoms with Crippen LogP contribution in [-0.2, 0) is 5.41 Å². The predicted molar refractivity (Wildman–Crippen MR) is 116 cm³/mol. The van der Waals surface area contributed by atoms with Crippen molar-refractivity contribution in [3.8, 4) is 0 Å². The Morgan fingerprint density at radius 1 is 0.839 bits per heavy atom. The van der Waals surface area contributed by atoms with Crippen molar-refractivity contribution >= 4 is 40.5 Å². The molecule has 0 saturated heterocycles. The first kappa shape index (κ1) is 23.3. The molecule has 11 nitrogen and oxygen atoms in total. The Morgan fingerprint density at radius 2 is 1.35 bits per heavy atom. The fourth-order valence-electron chi connectivity index (χ4n) is 2.45. The van der Waals surface area contributed by atoms with Crippen molar-refractivity contribution in [2.45, 2.75) is 26.2 Å². The summed E-state index contributed by atoms with van der Waals surface area (Å²) in [4.78, 5) is 44.6. The first-order valence-electron chi connectivity index (χ1n) is 8.84. The third kappa shape index (κ3) is 6.27. The first-order valence-corrected chi connectivity index (χ1v) is 9.25. The molecule has 12 heteroatoms. The van der Waals surface area contributed by atoms with Gasteiger partial charge in [0.05, 0.1) is 21.5 Å². The monoisotopic (exact) mass is 445 g/mol. The van der Waals surface area contributed by atoms with Gasteiger partial charge in [0.1, 0.15) is 0 Å². The molecule has 0 saturated carbocycles. The zero-order valence-electron chi connectivity index (χ0n) is 16.8. The van der Waals surface area contributed by atoms with Crippen molar-refractivity contribution in [3.05, 3.63) is 79.4 Å². The molecule has 0 bridgehead atoms. The lowest BCUT2D eigenvalue weighted by Gasteiger charge is -2.19. The largest absolute Gasteiger partial charge is 0.298 e. The van der Waals surface area contributed by atoms with Gasteiger partial charge in [0.2, 0.25) is 0 Å². The Hall–Kier alpha value is -3.93. The normalized spacial score (nSPS) is 10.7. The maximum Gasteiger partial charge on any atom is 0.277 e. The number of carbonyl (C=O) groups is 2. The Bertz CT molecular complexity index is 1030. The Kier molecular flexibility index (Phi) is 6.97. The van der Waals surface area contributed by atoms with Crippen LogP contribution in [-0.4, -0.2) is 26.8 Å². The summed E-state index contributed by atoms with van der Waals surface area (Å²) in [6.07, 6.45) is 0. The minimum Gasteiger partial charge on any atom is -0.298 e. The number of carbonyl (C=O) groups excluding carboxylic acids is 2. The lowest BCUT2D eigenvalue weighted by molar-refractivity contribution is -0.394. The zero-order chi connectivity index (χ0) is 23.3. The summed E-state index contributed by atoms with van der Waals surface area (Å²) in [6.45, 7) is 6.13. The lowest BCUT2D eigenvalue weighted by atomic mass is 9.87. The predicted octanol–water partition coefficient (Wildman–Crippen LogP) is 2.75. The third-order valence-corrected chi connectivity index (χ3v) is 4.32. The van der Waals surface area contributed by atoms with E-state index in [1.54, 1.807) is 12.1 Å². The van der Waals surface area contributed by atoms with Crippen LogP contribution in [0.15, 0.2) is 42.5 Å². The van der Waals surface area contributed by atoms with E-state index in [0.29, 0.717) is 5.56 Å². The van der Waals surface area contributed by atoms with Gasteiger partial charge in [-0.1, -0.05) is 32.9 Å². The smallest absolute Gasteiger partial charge is 0.277 e. The second kappa shape index (κ2) is 9.26. The molecule has 0 spiro atoms. The molecule has 0 aliphatic carbocycles. The van der Waals surface area contributed by atoms with E-state index in [1.165, 1.54) is 0 Å². The van der Waals surface area contributed by atoms with Crippen molar-refractivity contribution in [1.82, 2.24) is 16.2 Å². The van der Waals surface area contributed by atoms with Gasteiger partial charge in [-0.15, -0.1) is 0 Å². The van der Waals surface area contributed by atoms with Gasteiger partial charge in [0, 0.05) is 17.7 Å². The van der Waals surface area contributed by atoms with Crippen molar-refractivity contribution in [1.29, 1.82) is 0 Å². The number of nitro benzene ring substituents is 2. The minimum atomic E-state index is -0.923. The molecule has 2 aromatic rings. The molecule has 31 heavy (non-hydrogen) atoms. The maximum absolute atomic E-state index is 12.3. The van der Waals surface area contributed by atoms with Gasteiger partial charge in [-0.05, 0) is 35.3 Å². The van der Waals surface area contributed by atoms with Crippen LogP contribution in [0.25, 0.3) is 0 Å². The van der Waals surface area contributed by atoms with Crippen LogP contribution < -0.4 is 16.2 Å². The molecule has 0 radical (unpaired) electrons. The highest BCUT2D eigenvalue weighted by atomic mass is 32.1. The molecule has 2 amide bonds. The standard InChI is InChI=1S/C19H19N5O6S/c1-19(2,3)13-6-4-11(5-7-13)17(26)21-22-18(31)20-16(25)12-8-14(23(27)28)10-15(9-12)24(29)30/h4-10H,1-3H3,(H,21,26)(H2,20,22,25,31). The van der Waals surface area contributed by atoms with E-state index in [2.05, 4.69) is 16.2 Å². The fraction of sp³-hybridized carbons (Fsp3) is 0.211. The average molecular weight is 445 g/mol. The van der Waals surface area contributed by atoms with E-state index in [0.717, 1.165) is 23.8 Å². The summed E-state index contributed by atoms with van der Waals surface area (Å²) in [7, 11) is 0. The van der Waals surface area contributed by atoms with E-state index >= 15 is 0 Å².